The van der Waals surface area contributed by atoms with Crippen LogP contribution in [0.2, 0.25) is 0 Å². The van der Waals surface area contributed by atoms with Crippen LogP contribution >= 0.6 is 0 Å². The molecule has 0 radical (unpaired) electrons. The van der Waals surface area contributed by atoms with Crippen LogP contribution in [0.15, 0.2) is 30.7 Å². The maximum atomic E-state index is 5.40. The van der Waals surface area contributed by atoms with Crippen molar-refractivity contribution in [3.63, 3.8) is 0 Å². The Hall–Kier alpha value is -2.10. The smallest absolute Gasteiger partial charge is 0.231 e. The Labute approximate surface area is 106 Å². The molecule has 2 aromatic rings. The molecule has 4 nitrogen and oxygen atoms in total. The van der Waals surface area contributed by atoms with Crippen molar-refractivity contribution < 1.29 is 9.47 Å². The van der Waals surface area contributed by atoms with Gasteiger partial charge in [0.15, 0.2) is 11.5 Å². The van der Waals surface area contributed by atoms with Gasteiger partial charge in [-0.15, -0.1) is 0 Å². The zero-order valence-electron chi connectivity index (χ0n) is 10.4. The Balaban J connectivity index is 2.10. The Kier molecular flexibility index (Phi) is 2.63. The number of nitrogens with zero attached hydrogens (tertiary/aromatic N) is 2. The molecule has 0 aliphatic carbocycles. The number of rotatable bonds is 2. The molecule has 1 aromatic carbocycles. The normalized spacial score (nSPS) is 13.1. The van der Waals surface area contributed by atoms with Gasteiger partial charge in [-0.25, -0.2) is 9.97 Å². The lowest BCUT2D eigenvalue weighted by atomic mass is 9.98. The van der Waals surface area contributed by atoms with E-state index in [4.69, 9.17) is 9.47 Å². The summed E-state index contributed by atoms with van der Waals surface area (Å²) in [5.41, 5.74) is 3.13. The van der Waals surface area contributed by atoms with E-state index >= 15 is 0 Å². The van der Waals surface area contributed by atoms with Crippen molar-refractivity contribution >= 4 is 0 Å². The Bertz CT molecular complexity index is 582. The first kappa shape index (κ1) is 11.0. The second-order valence-corrected chi connectivity index (χ2v) is 4.55. The summed E-state index contributed by atoms with van der Waals surface area (Å²) < 4.78 is 10.7. The summed E-state index contributed by atoms with van der Waals surface area (Å²) in [4.78, 5) is 8.49. The van der Waals surface area contributed by atoms with E-state index in [0.29, 0.717) is 12.7 Å². The van der Waals surface area contributed by atoms with Crippen LogP contribution in [0.5, 0.6) is 11.5 Å². The molecule has 1 aliphatic heterocycles. The van der Waals surface area contributed by atoms with Gasteiger partial charge in [0.05, 0.1) is 5.69 Å². The van der Waals surface area contributed by atoms with Crippen LogP contribution in [0, 0.1) is 0 Å². The lowest BCUT2D eigenvalue weighted by molar-refractivity contribution is 0.174. The lowest BCUT2D eigenvalue weighted by Crippen LogP contribution is -1.96. The molecule has 0 saturated carbocycles. The van der Waals surface area contributed by atoms with Gasteiger partial charge in [0.2, 0.25) is 6.79 Å². The lowest BCUT2D eigenvalue weighted by Gasteiger charge is -2.11. The first-order valence-electron chi connectivity index (χ1n) is 5.95. The minimum atomic E-state index is 0.291. The van der Waals surface area contributed by atoms with Crippen LogP contribution in [0.25, 0.3) is 11.3 Å². The summed E-state index contributed by atoms with van der Waals surface area (Å²) in [7, 11) is 0. The highest BCUT2D eigenvalue weighted by molar-refractivity contribution is 5.67. The SMILES string of the molecule is CC(C)c1cncnc1-c1ccc2c(c1)OCO2. The van der Waals surface area contributed by atoms with Gasteiger partial charge in [0, 0.05) is 11.8 Å². The number of hydrogen-bond donors (Lipinski definition) is 0. The largest absolute Gasteiger partial charge is 0.454 e. The molecule has 0 fully saturated rings. The molecule has 0 saturated heterocycles. The van der Waals surface area contributed by atoms with E-state index in [1.165, 1.54) is 0 Å². The standard InChI is InChI=1S/C14H14N2O2/c1-9(2)11-6-15-7-16-14(11)10-3-4-12-13(5-10)18-8-17-12/h3-7,9H,8H2,1-2H3. The zero-order valence-corrected chi connectivity index (χ0v) is 10.4. The van der Waals surface area contributed by atoms with E-state index < -0.39 is 0 Å². The van der Waals surface area contributed by atoms with Gasteiger partial charge in [0.1, 0.15) is 6.33 Å². The van der Waals surface area contributed by atoms with Gasteiger partial charge < -0.3 is 9.47 Å². The van der Waals surface area contributed by atoms with E-state index in [-0.39, 0.29) is 0 Å². The Morgan fingerprint density at radius 1 is 1.17 bits per heavy atom. The first-order chi connectivity index (χ1) is 8.75. The highest BCUT2D eigenvalue weighted by Gasteiger charge is 2.16. The number of aromatic nitrogens is 2. The molecule has 0 bridgehead atoms. The van der Waals surface area contributed by atoms with Crippen molar-refractivity contribution in [2.24, 2.45) is 0 Å². The highest BCUT2D eigenvalue weighted by atomic mass is 16.7. The second kappa shape index (κ2) is 4.29. The van der Waals surface area contributed by atoms with E-state index in [1.54, 1.807) is 6.33 Å². The number of hydrogen-bond acceptors (Lipinski definition) is 4. The molecule has 0 spiro atoms. The molecular weight excluding hydrogens is 228 g/mol. The minimum Gasteiger partial charge on any atom is -0.454 e. The van der Waals surface area contributed by atoms with Crippen molar-refractivity contribution in [3.05, 3.63) is 36.3 Å². The molecule has 3 rings (SSSR count). The molecule has 0 amide bonds. The van der Waals surface area contributed by atoms with E-state index in [2.05, 4.69) is 23.8 Å². The van der Waals surface area contributed by atoms with Gasteiger partial charge in [-0.05, 0) is 29.7 Å². The van der Waals surface area contributed by atoms with Crippen LogP contribution in [0.4, 0.5) is 0 Å². The maximum Gasteiger partial charge on any atom is 0.231 e. The fourth-order valence-corrected chi connectivity index (χ4v) is 2.05. The summed E-state index contributed by atoms with van der Waals surface area (Å²) in [6, 6.07) is 5.89. The maximum absolute atomic E-state index is 5.40. The summed E-state index contributed by atoms with van der Waals surface area (Å²) in [6.07, 6.45) is 3.45. The fraction of sp³-hybridized carbons (Fsp3) is 0.286. The first-order valence-corrected chi connectivity index (χ1v) is 5.95. The van der Waals surface area contributed by atoms with Crippen LogP contribution in [0.1, 0.15) is 25.3 Å². The van der Waals surface area contributed by atoms with Crippen molar-refractivity contribution in [2.45, 2.75) is 19.8 Å². The van der Waals surface area contributed by atoms with Crippen LogP contribution in [-0.2, 0) is 0 Å². The summed E-state index contributed by atoms with van der Waals surface area (Å²) in [5.74, 6) is 1.95. The van der Waals surface area contributed by atoms with Gasteiger partial charge in [0.25, 0.3) is 0 Å². The van der Waals surface area contributed by atoms with E-state index in [9.17, 15) is 0 Å². The number of fused-ring (bicyclic) bond motifs is 1. The third-order valence-corrected chi connectivity index (χ3v) is 3.01. The highest BCUT2D eigenvalue weighted by Crippen LogP contribution is 2.36. The molecule has 0 unspecified atom stereocenters. The van der Waals surface area contributed by atoms with Gasteiger partial charge in [-0.3, -0.25) is 0 Å². The third kappa shape index (κ3) is 1.79. The van der Waals surface area contributed by atoms with Crippen LogP contribution in [0.3, 0.4) is 0 Å². The number of benzene rings is 1. The van der Waals surface area contributed by atoms with Gasteiger partial charge >= 0.3 is 0 Å². The molecule has 92 valence electrons. The average molecular weight is 242 g/mol. The summed E-state index contributed by atoms with van der Waals surface area (Å²) >= 11 is 0. The Morgan fingerprint density at radius 2 is 2.00 bits per heavy atom. The monoisotopic (exact) mass is 242 g/mol. The van der Waals surface area contributed by atoms with E-state index in [0.717, 1.165) is 28.3 Å². The molecular formula is C14H14N2O2. The number of ether oxygens (including phenoxy) is 2. The molecule has 1 aromatic heterocycles. The topological polar surface area (TPSA) is 44.2 Å². The fourth-order valence-electron chi connectivity index (χ4n) is 2.05. The zero-order chi connectivity index (χ0) is 12.5. The summed E-state index contributed by atoms with van der Waals surface area (Å²) in [6.45, 7) is 4.56. The molecule has 1 aliphatic rings. The van der Waals surface area contributed by atoms with Crippen LogP contribution < -0.4 is 9.47 Å². The van der Waals surface area contributed by atoms with Crippen molar-refractivity contribution in [1.29, 1.82) is 0 Å². The molecule has 18 heavy (non-hydrogen) atoms. The van der Waals surface area contributed by atoms with Gasteiger partial charge in [-0.2, -0.15) is 0 Å². The third-order valence-electron chi connectivity index (χ3n) is 3.01. The molecule has 4 heteroatoms. The Morgan fingerprint density at radius 3 is 2.83 bits per heavy atom. The average Bonchev–Trinajstić information content (AvgIpc) is 2.85. The molecule has 0 N–H and O–H groups in total. The second-order valence-electron chi connectivity index (χ2n) is 4.55. The quantitative estimate of drug-likeness (QED) is 0.812. The van der Waals surface area contributed by atoms with Crippen molar-refractivity contribution in [2.75, 3.05) is 6.79 Å². The van der Waals surface area contributed by atoms with Crippen molar-refractivity contribution in [3.8, 4) is 22.8 Å². The predicted octanol–water partition coefficient (Wildman–Crippen LogP) is 3.00. The minimum absolute atomic E-state index is 0.291. The van der Waals surface area contributed by atoms with E-state index in [1.807, 2.05) is 24.4 Å². The van der Waals surface area contributed by atoms with Crippen molar-refractivity contribution in [1.82, 2.24) is 9.97 Å². The summed E-state index contributed by atoms with van der Waals surface area (Å²) in [5, 5.41) is 0. The predicted molar refractivity (Wildman–Crippen MR) is 67.7 cm³/mol. The van der Waals surface area contributed by atoms with Crippen LogP contribution in [-0.4, -0.2) is 16.8 Å². The molecule has 2 heterocycles. The van der Waals surface area contributed by atoms with Gasteiger partial charge in [-0.1, -0.05) is 13.8 Å². The molecule has 0 atom stereocenters.